The van der Waals surface area contributed by atoms with Gasteiger partial charge >= 0.3 is 5.97 Å². The lowest BCUT2D eigenvalue weighted by molar-refractivity contribution is -0.137. The van der Waals surface area contributed by atoms with E-state index in [1.54, 1.807) is 11.8 Å². The van der Waals surface area contributed by atoms with Crippen molar-refractivity contribution >= 4 is 17.6 Å². The Kier molecular flexibility index (Phi) is 3.77. The summed E-state index contributed by atoms with van der Waals surface area (Å²) in [6, 6.07) is 7.79. The normalized spacial score (nSPS) is 13.7. The highest BCUT2D eigenvalue weighted by Gasteiger charge is 2.22. The van der Waals surface area contributed by atoms with Gasteiger partial charge in [0.25, 0.3) is 5.91 Å². The Bertz CT molecular complexity index is 494. The van der Waals surface area contributed by atoms with Crippen molar-refractivity contribution in [2.75, 3.05) is 18.1 Å². The van der Waals surface area contributed by atoms with Gasteiger partial charge < -0.3 is 9.64 Å². The minimum atomic E-state index is -0.488. The summed E-state index contributed by atoms with van der Waals surface area (Å²) in [7, 11) is 0. The first-order valence-electron chi connectivity index (χ1n) is 5.96. The molecule has 1 heterocycles. The largest absolute Gasteiger partial charge is 0.463 e. The average molecular weight is 245 g/mol. The van der Waals surface area contributed by atoms with E-state index in [1.165, 1.54) is 12.2 Å². The van der Waals surface area contributed by atoms with Crippen molar-refractivity contribution in [3.05, 3.63) is 42.0 Å². The second-order valence-electron chi connectivity index (χ2n) is 3.95. The molecule has 0 aliphatic carbocycles. The van der Waals surface area contributed by atoms with E-state index in [0.717, 1.165) is 17.7 Å². The molecule has 0 aromatic heterocycles. The predicted molar refractivity (Wildman–Crippen MR) is 68.3 cm³/mol. The van der Waals surface area contributed by atoms with Crippen LogP contribution in [0.25, 0.3) is 0 Å². The number of carbonyl (C=O) groups excluding carboxylic acids is 2. The van der Waals surface area contributed by atoms with Crippen molar-refractivity contribution in [2.24, 2.45) is 0 Å². The lowest BCUT2D eigenvalue weighted by Gasteiger charge is -2.14. The van der Waals surface area contributed by atoms with Crippen molar-refractivity contribution in [1.29, 1.82) is 0 Å². The number of anilines is 1. The number of hydrogen-bond donors (Lipinski definition) is 0. The zero-order chi connectivity index (χ0) is 13.0. The van der Waals surface area contributed by atoms with Crippen LogP contribution in [0.1, 0.15) is 12.5 Å². The zero-order valence-corrected chi connectivity index (χ0v) is 10.3. The maximum absolute atomic E-state index is 11.9. The van der Waals surface area contributed by atoms with Gasteiger partial charge in [-0.1, -0.05) is 18.2 Å². The van der Waals surface area contributed by atoms with Crippen molar-refractivity contribution < 1.29 is 14.3 Å². The Labute approximate surface area is 106 Å². The number of ether oxygens (including phenoxy) is 1. The lowest BCUT2D eigenvalue weighted by Crippen LogP contribution is -2.27. The van der Waals surface area contributed by atoms with Crippen LogP contribution >= 0.6 is 0 Å². The number of esters is 1. The molecule has 1 amide bonds. The number of fused-ring (bicyclic) bond motifs is 1. The van der Waals surface area contributed by atoms with Gasteiger partial charge in [-0.25, -0.2) is 4.79 Å². The molecule has 94 valence electrons. The molecule has 0 spiro atoms. The molecule has 0 saturated heterocycles. The molecule has 18 heavy (non-hydrogen) atoms. The van der Waals surface area contributed by atoms with E-state index < -0.39 is 5.97 Å². The third kappa shape index (κ3) is 2.59. The molecule has 4 heteroatoms. The van der Waals surface area contributed by atoms with E-state index >= 15 is 0 Å². The second kappa shape index (κ2) is 5.49. The van der Waals surface area contributed by atoms with Gasteiger partial charge in [0, 0.05) is 24.4 Å². The summed E-state index contributed by atoms with van der Waals surface area (Å²) >= 11 is 0. The zero-order valence-electron chi connectivity index (χ0n) is 10.3. The van der Waals surface area contributed by atoms with Crippen LogP contribution in [-0.2, 0) is 20.7 Å². The molecule has 2 rings (SSSR count). The van der Waals surface area contributed by atoms with Gasteiger partial charge in [0.2, 0.25) is 0 Å². The van der Waals surface area contributed by atoms with Crippen molar-refractivity contribution in [3.63, 3.8) is 0 Å². The Hall–Kier alpha value is -2.10. The highest BCUT2D eigenvalue weighted by atomic mass is 16.5. The topological polar surface area (TPSA) is 46.6 Å². The molecule has 1 aliphatic rings. The fourth-order valence-electron chi connectivity index (χ4n) is 1.99. The number of benzene rings is 1. The maximum atomic E-state index is 11.9. The summed E-state index contributed by atoms with van der Waals surface area (Å²) in [6.45, 7) is 2.69. The molecular formula is C14H15NO3. The van der Waals surface area contributed by atoms with E-state index in [4.69, 9.17) is 4.74 Å². The highest BCUT2D eigenvalue weighted by molar-refractivity contribution is 6.05. The summed E-state index contributed by atoms with van der Waals surface area (Å²) in [4.78, 5) is 24.7. The van der Waals surface area contributed by atoms with Crippen LogP contribution < -0.4 is 4.90 Å². The number of rotatable bonds is 3. The molecule has 1 aromatic rings. The van der Waals surface area contributed by atoms with Crippen LogP contribution in [-0.4, -0.2) is 25.0 Å². The lowest BCUT2D eigenvalue weighted by atomic mass is 10.2. The molecule has 0 atom stereocenters. The van der Waals surface area contributed by atoms with Gasteiger partial charge in [-0.3, -0.25) is 4.79 Å². The Morgan fingerprint density at radius 2 is 2.11 bits per heavy atom. The predicted octanol–water partition coefficient (Wildman–Crippen LogP) is 1.70. The SMILES string of the molecule is CCOC(=O)/C=C/C(=O)N1CCc2ccccc21. The summed E-state index contributed by atoms with van der Waals surface area (Å²) < 4.78 is 4.73. The first-order valence-corrected chi connectivity index (χ1v) is 5.96. The second-order valence-corrected chi connectivity index (χ2v) is 3.95. The summed E-state index contributed by atoms with van der Waals surface area (Å²) in [5, 5.41) is 0. The molecule has 4 nitrogen and oxygen atoms in total. The van der Waals surface area contributed by atoms with Crippen LogP contribution in [0.3, 0.4) is 0 Å². The van der Waals surface area contributed by atoms with Crippen molar-refractivity contribution in [2.45, 2.75) is 13.3 Å². The standard InChI is InChI=1S/C14H15NO3/c1-2-18-14(17)8-7-13(16)15-10-9-11-5-3-4-6-12(11)15/h3-8H,2,9-10H2,1H3/b8-7+. The Morgan fingerprint density at radius 3 is 2.89 bits per heavy atom. The van der Waals surface area contributed by atoms with Gasteiger partial charge in [-0.05, 0) is 25.0 Å². The third-order valence-electron chi connectivity index (χ3n) is 2.80. The fraction of sp³-hybridized carbons (Fsp3) is 0.286. The van der Waals surface area contributed by atoms with E-state index in [-0.39, 0.29) is 5.91 Å². The molecule has 0 saturated carbocycles. The van der Waals surface area contributed by atoms with Gasteiger partial charge in [-0.15, -0.1) is 0 Å². The van der Waals surface area contributed by atoms with Crippen LogP contribution in [0.2, 0.25) is 0 Å². The molecular weight excluding hydrogens is 230 g/mol. The number of hydrogen-bond acceptors (Lipinski definition) is 3. The highest BCUT2D eigenvalue weighted by Crippen LogP contribution is 2.27. The number of amides is 1. The molecule has 0 fully saturated rings. The van der Waals surface area contributed by atoms with Gasteiger partial charge in [0.15, 0.2) is 0 Å². The van der Waals surface area contributed by atoms with E-state index in [0.29, 0.717) is 13.2 Å². The minimum Gasteiger partial charge on any atom is -0.463 e. The minimum absolute atomic E-state index is 0.187. The van der Waals surface area contributed by atoms with Gasteiger partial charge in [0.05, 0.1) is 6.61 Å². The van der Waals surface area contributed by atoms with Crippen LogP contribution in [0.4, 0.5) is 5.69 Å². The third-order valence-corrected chi connectivity index (χ3v) is 2.80. The van der Waals surface area contributed by atoms with Crippen LogP contribution in [0, 0.1) is 0 Å². The van der Waals surface area contributed by atoms with Gasteiger partial charge in [-0.2, -0.15) is 0 Å². The quantitative estimate of drug-likeness (QED) is 0.601. The van der Waals surface area contributed by atoms with E-state index in [2.05, 4.69) is 0 Å². The monoisotopic (exact) mass is 245 g/mol. The van der Waals surface area contributed by atoms with Crippen molar-refractivity contribution in [1.82, 2.24) is 0 Å². The molecule has 1 aliphatic heterocycles. The molecule has 1 aromatic carbocycles. The summed E-state index contributed by atoms with van der Waals surface area (Å²) in [6.07, 6.45) is 3.29. The van der Waals surface area contributed by atoms with Gasteiger partial charge in [0.1, 0.15) is 0 Å². The number of para-hydroxylation sites is 1. The number of nitrogens with zero attached hydrogens (tertiary/aromatic N) is 1. The summed E-state index contributed by atoms with van der Waals surface area (Å²) in [5.41, 5.74) is 2.09. The summed E-state index contributed by atoms with van der Waals surface area (Å²) in [5.74, 6) is -0.675. The smallest absolute Gasteiger partial charge is 0.330 e. The molecule has 0 unspecified atom stereocenters. The first-order chi connectivity index (χ1) is 8.72. The first kappa shape index (κ1) is 12.4. The Morgan fingerprint density at radius 1 is 1.33 bits per heavy atom. The van der Waals surface area contributed by atoms with Crippen LogP contribution in [0.5, 0.6) is 0 Å². The van der Waals surface area contributed by atoms with Crippen LogP contribution in [0.15, 0.2) is 36.4 Å². The molecule has 0 bridgehead atoms. The maximum Gasteiger partial charge on any atom is 0.330 e. The fourth-order valence-corrected chi connectivity index (χ4v) is 1.99. The molecule has 0 radical (unpaired) electrons. The molecule has 0 N–H and O–H groups in total. The average Bonchev–Trinajstić information content (AvgIpc) is 2.80. The number of carbonyl (C=O) groups is 2. The Balaban J connectivity index is 2.06. The van der Waals surface area contributed by atoms with E-state index in [1.807, 2.05) is 24.3 Å². The van der Waals surface area contributed by atoms with Crippen molar-refractivity contribution in [3.8, 4) is 0 Å². The van der Waals surface area contributed by atoms with E-state index in [9.17, 15) is 9.59 Å².